The monoisotopic (exact) mass is 225 g/mol. The quantitative estimate of drug-likeness (QED) is 0.792. The highest BCUT2D eigenvalue weighted by Gasteiger charge is 2.34. The molecule has 0 spiro atoms. The number of aliphatic hydroxyl groups excluding tert-OH is 1. The van der Waals surface area contributed by atoms with Crippen molar-refractivity contribution in [3.05, 3.63) is 0 Å². The second-order valence-corrected chi connectivity index (χ2v) is 5.13. The van der Waals surface area contributed by atoms with Crippen LogP contribution >= 0.6 is 0 Å². The van der Waals surface area contributed by atoms with Gasteiger partial charge in [0.15, 0.2) is 0 Å². The zero-order valence-corrected chi connectivity index (χ0v) is 10.0. The zero-order valence-electron chi connectivity index (χ0n) is 10.0. The predicted octanol–water partition coefficient (Wildman–Crippen LogP) is 1.73. The molecule has 0 amide bonds. The Balaban J connectivity index is 1.99. The first-order chi connectivity index (χ1) is 7.83. The summed E-state index contributed by atoms with van der Waals surface area (Å²) in [5.74, 6) is 0.402. The Labute approximate surface area is 97.8 Å². The molecule has 92 valence electrons. The van der Waals surface area contributed by atoms with Crippen LogP contribution in [0.25, 0.3) is 0 Å². The molecular weight excluding hydrogens is 202 g/mol. The molecule has 0 aromatic carbocycles. The van der Waals surface area contributed by atoms with E-state index in [0.717, 1.165) is 19.3 Å². The summed E-state index contributed by atoms with van der Waals surface area (Å²) < 4.78 is 0. The molecule has 2 aliphatic carbocycles. The molecule has 0 aromatic rings. The van der Waals surface area contributed by atoms with Crippen molar-refractivity contribution in [1.82, 2.24) is 4.90 Å². The average molecular weight is 225 g/mol. The average Bonchev–Trinajstić information content (AvgIpc) is 2.73. The van der Waals surface area contributed by atoms with Crippen molar-refractivity contribution in [2.75, 3.05) is 13.2 Å². The molecule has 1 atom stereocenters. The van der Waals surface area contributed by atoms with Crippen molar-refractivity contribution in [1.29, 1.82) is 0 Å². The van der Waals surface area contributed by atoms with Gasteiger partial charge in [0.25, 0.3) is 0 Å². The maximum atomic E-state index is 11.8. The van der Waals surface area contributed by atoms with Gasteiger partial charge in [0.2, 0.25) is 0 Å². The third-order valence-corrected chi connectivity index (χ3v) is 4.07. The van der Waals surface area contributed by atoms with Gasteiger partial charge in [-0.25, -0.2) is 0 Å². The van der Waals surface area contributed by atoms with Gasteiger partial charge >= 0.3 is 0 Å². The number of hydrogen-bond donors (Lipinski definition) is 1. The number of aliphatic hydroxyl groups is 1. The Hall–Kier alpha value is -0.410. The molecule has 3 nitrogen and oxygen atoms in total. The summed E-state index contributed by atoms with van der Waals surface area (Å²) in [6, 6.07) is 0.670. The van der Waals surface area contributed by atoms with Crippen molar-refractivity contribution in [2.45, 2.75) is 63.5 Å². The Morgan fingerprint density at radius 1 is 1.12 bits per heavy atom. The molecule has 0 saturated heterocycles. The van der Waals surface area contributed by atoms with Crippen molar-refractivity contribution < 1.29 is 9.90 Å². The van der Waals surface area contributed by atoms with E-state index in [-0.39, 0.29) is 12.6 Å². The van der Waals surface area contributed by atoms with Crippen LogP contribution < -0.4 is 0 Å². The minimum Gasteiger partial charge on any atom is -0.395 e. The maximum absolute atomic E-state index is 11.8. The molecule has 2 rings (SSSR count). The lowest BCUT2D eigenvalue weighted by molar-refractivity contribution is -0.123. The summed E-state index contributed by atoms with van der Waals surface area (Å²) >= 11 is 0. The molecule has 3 heteroatoms. The zero-order chi connectivity index (χ0) is 11.4. The lowest BCUT2D eigenvalue weighted by atomic mass is 9.92. The molecule has 0 aliphatic heterocycles. The van der Waals surface area contributed by atoms with E-state index in [0.29, 0.717) is 18.4 Å². The van der Waals surface area contributed by atoms with Crippen LogP contribution in [-0.2, 0) is 4.79 Å². The topological polar surface area (TPSA) is 40.5 Å². The molecule has 2 fully saturated rings. The summed E-state index contributed by atoms with van der Waals surface area (Å²) in [5.41, 5.74) is 0. The van der Waals surface area contributed by atoms with Gasteiger partial charge in [-0.05, 0) is 25.7 Å². The van der Waals surface area contributed by atoms with Gasteiger partial charge in [0.1, 0.15) is 5.78 Å². The lowest BCUT2D eigenvalue weighted by Crippen LogP contribution is -2.47. The van der Waals surface area contributed by atoms with E-state index >= 15 is 0 Å². The number of carbonyl (C=O) groups is 1. The fraction of sp³-hybridized carbons (Fsp3) is 0.923. The summed E-state index contributed by atoms with van der Waals surface area (Å²) in [7, 11) is 0. The second-order valence-electron chi connectivity index (χ2n) is 5.13. The number of ketones is 1. The summed E-state index contributed by atoms with van der Waals surface area (Å²) in [6.45, 7) is 0.862. The number of carbonyl (C=O) groups excluding carboxylic acids is 1. The first kappa shape index (κ1) is 12.1. The molecule has 0 aromatic heterocycles. The SMILES string of the molecule is O=C1CCCC1N(CCO)C1CCCCC1. The minimum absolute atomic E-state index is 0.121. The molecule has 0 bridgehead atoms. The smallest absolute Gasteiger partial charge is 0.149 e. The molecule has 1 N–H and O–H groups in total. The standard InChI is InChI=1S/C13H23NO2/c15-10-9-14(11-5-2-1-3-6-11)12-7-4-8-13(12)16/h11-12,15H,1-10H2. The van der Waals surface area contributed by atoms with Crippen LogP contribution in [0.2, 0.25) is 0 Å². The number of Topliss-reactive ketones (excluding diaryl/α,β-unsaturated/α-hetero) is 1. The number of rotatable bonds is 4. The van der Waals surface area contributed by atoms with E-state index in [4.69, 9.17) is 5.11 Å². The van der Waals surface area contributed by atoms with Crippen LogP contribution in [0.4, 0.5) is 0 Å². The first-order valence-corrected chi connectivity index (χ1v) is 6.72. The lowest BCUT2D eigenvalue weighted by Gasteiger charge is -2.37. The van der Waals surface area contributed by atoms with Crippen molar-refractivity contribution >= 4 is 5.78 Å². The molecule has 16 heavy (non-hydrogen) atoms. The van der Waals surface area contributed by atoms with Crippen LogP contribution in [0, 0.1) is 0 Å². The molecular formula is C13H23NO2. The molecule has 1 unspecified atom stereocenters. The van der Waals surface area contributed by atoms with E-state index in [9.17, 15) is 4.79 Å². The van der Waals surface area contributed by atoms with Crippen molar-refractivity contribution in [3.8, 4) is 0 Å². The van der Waals surface area contributed by atoms with Gasteiger partial charge in [-0.1, -0.05) is 19.3 Å². The van der Waals surface area contributed by atoms with E-state index in [1.54, 1.807) is 0 Å². The van der Waals surface area contributed by atoms with E-state index in [2.05, 4.69) is 4.90 Å². The van der Waals surface area contributed by atoms with Crippen LogP contribution in [-0.4, -0.2) is 41.0 Å². The van der Waals surface area contributed by atoms with Crippen LogP contribution in [0.1, 0.15) is 51.4 Å². The Morgan fingerprint density at radius 2 is 1.88 bits per heavy atom. The third-order valence-electron chi connectivity index (χ3n) is 4.07. The minimum atomic E-state index is 0.121. The number of hydrogen-bond acceptors (Lipinski definition) is 3. The molecule has 0 radical (unpaired) electrons. The fourth-order valence-electron chi connectivity index (χ4n) is 3.27. The highest BCUT2D eigenvalue weighted by atomic mass is 16.3. The Bertz CT molecular complexity index is 236. The number of nitrogens with zero attached hydrogens (tertiary/aromatic N) is 1. The summed E-state index contributed by atoms with van der Waals surface area (Å²) in [5, 5.41) is 9.16. The highest BCUT2D eigenvalue weighted by Crippen LogP contribution is 2.28. The highest BCUT2D eigenvalue weighted by molar-refractivity contribution is 5.85. The van der Waals surface area contributed by atoms with Crippen molar-refractivity contribution in [2.24, 2.45) is 0 Å². The van der Waals surface area contributed by atoms with Crippen LogP contribution in [0.15, 0.2) is 0 Å². The largest absolute Gasteiger partial charge is 0.395 e. The maximum Gasteiger partial charge on any atom is 0.149 e. The van der Waals surface area contributed by atoms with Gasteiger partial charge in [0.05, 0.1) is 12.6 Å². The van der Waals surface area contributed by atoms with Gasteiger partial charge in [-0.2, -0.15) is 0 Å². The predicted molar refractivity (Wildman–Crippen MR) is 63.3 cm³/mol. The fourth-order valence-corrected chi connectivity index (χ4v) is 3.27. The molecule has 2 saturated carbocycles. The molecule has 2 aliphatic rings. The van der Waals surface area contributed by atoms with Crippen LogP contribution in [0.5, 0.6) is 0 Å². The van der Waals surface area contributed by atoms with Gasteiger partial charge < -0.3 is 5.11 Å². The van der Waals surface area contributed by atoms with E-state index in [1.807, 2.05) is 0 Å². The van der Waals surface area contributed by atoms with Gasteiger partial charge in [0, 0.05) is 19.0 Å². The summed E-state index contributed by atoms with van der Waals surface area (Å²) in [6.07, 6.45) is 9.13. The van der Waals surface area contributed by atoms with Crippen LogP contribution in [0.3, 0.4) is 0 Å². The first-order valence-electron chi connectivity index (χ1n) is 6.72. The molecule has 0 heterocycles. The van der Waals surface area contributed by atoms with Gasteiger partial charge in [-0.3, -0.25) is 9.69 Å². The van der Waals surface area contributed by atoms with Crippen molar-refractivity contribution in [3.63, 3.8) is 0 Å². The van der Waals surface area contributed by atoms with E-state index in [1.165, 1.54) is 32.1 Å². The summed E-state index contributed by atoms with van der Waals surface area (Å²) in [4.78, 5) is 14.1. The third kappa shape index (κ3) is 2.64. The van der Waals surface area contributed by atoms with E-state index < -0.39 is 0 Å². The Kier molecular flexibility index (Phi) is 4.36. The second kappa shape index (κ2) is 5.78. The normalized spacial score (nSPS) is 27.9. The Morgan fingerprint density at radius 3 is 2.44 bits per heavy atom. The van der Waals surface area contributed by atoms with Gasteiger partial charge in [-0.15, -0.1) is 0 Å².